The molecule has 1 unspecified atom stereocenters. The van der Waals surface area contributed by atoms with Gasteiger partial charge in [0.1, 0.15) is 6.07 Å². The van der Waals surface area contributed by atoms with Gasteiger partial charge in [-0.1, -0.05) is 6.92 Å². The number of Topliss-reactive ketones (excluding diaryl/α,β-unsaturated/α-hetero) is 1. The van der Waals surface area contributed by atoms with Gasteiger partial charge in [0, 0.05) is 12.1 Å². The predicted molar refractivity (Wildman–Crippen MR) is 125 cm³/mol. The van der Waals surface area contributed by atoms with Crippen LogP contribution >= 0.6 is 0 Å². The molecule has 5 aliphatic carbocycles. The molecular weight excluding hydrogens is 410 g/mol. The normalized spacial score (nSPS) is 46.7. The first-order valence-corrected chi connectivity index (χ1v) is 13.5. The molecule has 0 spiro atoms. The fourth-order valence-electron chi connectivity index (χ4n) is 9.67. The van der Waals surface area contributed by atoms with Gasteiger partial charge in [-0.25, -0.2) is 0 Å². The van der Waals surface area contributed by atoms with Crippen molar-refractivity contribution in [1.82, 2.24) is 9.78 Å². The molecule has 0 aliphatic heterocycles. The second-order valence-corrected chi connectivity index (χ2v) is 12.9. The molecule has 0 bridgehead atoms. The Hall–Kier alpha value is -1.67. The molecule has 1 aromatic rings. The van der Waals surface area contributed by atoms with Crippen LogP contribution in [0.5, 0.6) is 0 Å². The zero-order chi connectivity index (χ0) is 23.0. The van der Waals surface area contributed by atoms with Crippen LogP contribution in [0.25, 0.3) is 0 Å². The number of carbonyl (C=O) groups excluding carboxylic acids is 1. The number of hydrogen-bond donors (Lipinski definition) is 1. The van der Waals surface area contributed by atoms with Crippen LogP contribution in [0.1, 0.15) is 83.6 Å². The summed E-state index contributed by atoms with van der Waals surface area (Å²) in [5.74, 6) is 5.78. The first-order valence-electron chi connectivity index (χ1n) is 13.5. The molecule has 1 heterocycles. The smallest absolute Gasteiger partial charge is 0.157 e. The molecule has 178 valence electrons. The first-order chi connectivity index (χ1) is 15.8. The number of rotatable bonds is 4. The third kappa shape index (κ3) is 3.59. The molecule has 9 atom stereocenters. The minimum Gasteiger partial charge on any atom is -0.390 e. The second kappa shape index (κ2) is 7.67. The molecule has 5 saturated carbocycles. The van der Waals surface area contributed by atoms with Gasteiger partial charge >= 0.3 is 0 Å². The molecule has 5 nitrogen and oxygen atoms in total. The van der Waals surface area contributed by atoms with E-state index in [9.17, 15) is 9.90 Å². The van der Waals surface area contributed by atoms with Crippen molar-refractivity contribution in [2.24, 2.45) is 52.8 Å². The van der Waals surface area contributed by atoms with Crippen LogP contribution in [-0.4, -0.2) is 26.3 Å². The molecule has 33 heavy (non-hydrogen) atoms. The van der Waals surface area contributed by atoms with Gasteiger partial charge in [0.25, 0.3) is 0 Å². The lowest BCUT2D eigenvalue weighted by Crippen LogP contribution is -2.54. The van der Waals surface area contributed by atoms with Crippen molar-refractivity contribution in [3.05, 3.63) is 18.0 Å². The fourth-order valence-corrected chi connectivity index (χ4v) is 9.67. The minimum atomic E-state index is -0.465. The number of carbonyl (C=O) groups is 1. The maximum Gasteiger partial charge on any atom is 0.157 e. The molecule has 1 aromatic heterocycles. The fraction of sp³-hybridized carbons (Fsp3) is 0.821. The minimum absolute atomic E-state index is 0.117. The number of aromatic nitrogens is 2. The Balaban J connectivity index is 1.21. The SMILES string of the molecule is C[C@@]1(O)CC(C2CC2)[C@H]2[C@H](CC[C@@H]3[C@@H]2CC[C@]2(C)[C@@H](C(=O)Cn4cc(C#N)cn4)CC[C@@H]32)C1. The van der Waals surface area contributed by atoms with Gasteiger partial charge in [-0.05, 0) is 118 Å². The van der Waals surface area contributed by atoms with Gasteiger partial charge in [-0.3, -0.25) is 9.48 Å². The van der Waals surface area contributed by atoms with Crippen molar-refractivity contribution < 1.29 is 9.90 Å². The second-order valence-electron chi connectivity index (χ2n) is 12.9. The number of aliphatic hydroxyl groups is 1. The van der Waals surface area contributed by atoms with E-state index in [0.29, 0.717) is 29.7 Å². The lowest BCUT2D eigenvalue weighted by atomic mass is 9.46. The predicted octanol–water partition coefficient (Wildman–Crippen LogP) is 4.98. The number of nitrogens with zero attached hydrogens (tertiary/aromatic N) is 3. The summed E-state index contributed by atoms with van der Waals surface area (Å²) < 4.78 is 1.66. The standard InChI is InChI=1S/C28H39N3O2/c1-27(33)11-19-5-6-20-21(26(19)22(12-27)18-3-4-18)9-10-28(2)23(20)7-8-24(28)25(32)16-31-15-17(13-29)14-30-31/h14-15,18-24,26,33H,3-12,16H2,1-2H3/t19-,20-,21+,22?,23+,24-,26+,27+,28+/m1/s1. The van der Waals surface area contributed by atoms with Crippen molar-refractivity contribution in [3.63, 3.8) is 0 Å². The molecule has 0 radical (unpaired) electrons. The molecular formula is C28H39N3O2. The average Bonchev–Trinajstić information content (AvgIpc) is 3.42. The Morgan fingerprint density at radius 3 is 2.61 bits per heavy atom. The molecule has 5 heteroatoms. The summed E-state index contributed by atoms with van der Waals surface area (Å²) in [6.45, 7) is 4.81. The van der Waals surface area contributed by atoms with Crippen molar-refractivity contribution in [3.8, 4) is 6.07 Å². The van der Waals surface area contributed by atoms with Gasteiger partial charge in [0.05, 0.1) is 23.9 Å². The Labute approximate surface area is 197 Å². The highest BCUT2D eigenvalue weighted by atomic mass is 16.3. The summed E-state index contributed by atoms with van der Waals surface area (Å²) in [5.41, 5.74) is 0.172. The van der Waals surface area contributed by atoms with E-state index in [0.717, 1.165) is 48.9 Å². The first kappa shape index (κ1) is 21.8. The molecule has 6 rings (SSSR count). The van der Waals surface area contributed by atoms with Gasteiger partial charge in [0.15, 0.2) is 5.78 Å². The van der Waals surface area contributed by atoms with Crippen LogP contribution in [0, 0.1) is 64.1 Å². The Bertz CT molecular complexity index is 972. The van der Waals surface area contributed by atoms with Gasteiger partial charge in [-0.15, -0.1) is 0 Å². The van der Waals surface area contributed by atoms with E-state index >= 15 is 0 Å². The largest absolute Gasteiger partial charge is 0.390 e. The van der Waals surface area contributed by atoms with Crippen molar-refractivity contribution in [2.45, 2.75) is 90.2 Å². The highest BCUT2D eigenvalue weighted by Crippen LogP contribution is 2.67. The molecule has 5 aliphatic rings. The summed E-state index contributed by atoms with van der Waals surface area (Å²) >= 11 is 0. The van der Waals surface area contributed by atoms with Crippen molar-refractivity contribution in [1.29, 1.82) is 5.26 Å². The number of nitriles is 1. The van der Waals surface area contributed by atoms with Crippen LogP contribution in [-0.2, 0) is 11.3 Å². The van der Waals surface area contributed by atoms with Gasteiger partial charge in [0.2, 0.25) is 0 Å². The summed E-state index contributed by atoms with van der Waals surface area (Å²) in [5, 5.41) is 24.3. The lowest BCUT2D eigenvalue weighted by Gasteiger charge is -2.59. The van der Waals surface area contributed by atoms with Gasteiger partial charge < -0.3 is 5.11 Å². The van der Waals surface area contributed by atoms with E-state index in [1.807, 2.05) is 0 Å². The summed E-state index contributed by atoms with van der Waals surface area (Å²) in [7, 11) is 0. The summed E-state index contributed by atoms with van der Waals surface area (Å²) in [4.78, 5) is 13.4. The molecule has 1 N–H and O–H groups in total. The Morgan fingerprint density at radius 1 is 1.09 bits per heavy atom. The maximum absolute atomic E-state index is 13.4. The third-order valence-electron chi connectivity index (χ3n) is 11.0. The highest BCUT2D eigenvalue weighted by molar-refractivity contribution is 5.82. The van der Waals surface area contributed by atoms with E-state index < -0.39 is 5.60 Å². The zero-order valence-corrected chi connectivity index (χ0v) is 20.2. The van der Waals surface area contributed by atoms with Gasteiger partial charge in [-0.2, -0.15) is 10.4 Å². The molecule has 5 fully saturated rings. The van der Waals surface area contributed by atoms with Crippen LogP contribution in [0.4, 0.5) is 0 Å². The zero-order valence-electron chi connectivity index (χ0n) is 20.2. The molecule has 0 saturated heterocycles. The lowest BCUT2D eigenvalue weighted by molar-refractivity contribution is -0.140. The molecule has 0 amide bonds. The number of fused-ring (bicyclic) bond motifs is 5. The summed E-state index contributed by atoms with van der Waals surface area (Å²) in [6, 6.07) is 2.11. The van der Waals surface area contributed by atoms with Crippen molar-refractivity contribution in [2.75, 3.05) is 0 Å². The van der Waals surface area contributed by atoms with E-state index in [2.05, 4.69) is 25.0 Å². The monoisotopic (exact) mass is 449 g/mol. The van der Waals surface area contributed by atoms with Crippen molar-refractivity contribution >= 4 is 5.78 Å². The maximum atomic E-state index is 13.4. The van der Waals surface area contributed by atoms with E-state index in [4.69, 9.17) is 5.26 Å². The summed E-state index contributed by atoms with van der Waals surface area (Å²) in [6.07, 6.45) is 15.2. The number of ketones is 1. The highest BCUT2D eigenvalue weighted by Gasteiger charge is 2.61. The van der Waals surface area contributed by atoms with Crippen LogP contribution in [0.2, 0.25) is 0 Å². The third-order valence-corrected chi connectivity index (χ3v) is 11.0. The topological polar surface area (TPSA) is 78.9 Å². The van der Waals surface area contributed by atoms with E-state index in [1.165, 1.54) is 44.9 Å². The van der Waals surface area contributed by atoms with Crippen LogP contribution < -0.4 is 0 Å². The number of hydrogen-bond acceptors (Lipinski definition) is 4. The Morgan fingerprint density at radius 2 is 1.88 bits per heavy atom. The van der Waals surface area contributed by atoms with E-state index in [-0.39, 0.29) is 11.3 Å². The van der Waals surface area contributed by atoms with E-state index in [1.54, 1.807) is 17.1 Å². The van der Waals surface area contributed by atoms with Crippen LogP contribution in [0.15, 0.2) is 12.4 Å². The Kier molecular flexibility index (Phi) is 5.07. The quantitative estimate of drug-likeness (QED) is 0.703. The van der Waals surface area contributed by atoms with Crippen LogP contribution in [0.3, 0.4) is 0 Å². The molecule has 0 aromatic carbocycles. The average molecular weight is 450 g/mol.